The Kier molecular flexibility index (Phi) is 4.44. The minimum absolute atomic E-state index is 0.303. The first-order valence-corrected chi connectivity index (χ1v) is 9.28. The zero-order valence-electron chi connectivity index (χ0n) is 15.0. The van der Waals surface area contributed by atoms with Crippen molar-refractivity contribution < 1.29 is 18.9 Å². The Morgan fingerprint density at radius 3 is 2.32 bits per heavy atom. The lowest BCUT2D eigenvalue weighted by molar-refractivity contribution is -0.327. The van der Waals surface area contributed by atoms with E-state index in [1.165, 1.54) is 23.5 Å². The van der Waals surface area contributed by atoms with Crippen molar-refractivity contribution in [3.8, 4) is 28.1 Å². The molecule has 140 valence electrons. The molecule has 2 heterocycles. The van der Waals surface area contributed by atoms with Crippen LogP contribution in [-0.2, 0) is 0 Å². The molecule has 0 aliphatic heterocycles. The summed E-state index contributed by atoms with van der Waals surface area (Å²) in [5.74, 6) is -0.148. The minimum Gasteiger partial charge on any atom is -0.497 e. The summed E-state index contributed by atoms with van der Waals surface area (Å²) in [6.07, 6.45) is 0. The highest BCUT2D eigenvalue weighted by Gasteiger charge is 2.24. The largest absolute Gasteiger partial charge is 0.497 e. The fraction of sp³-hybridized carbons (Fsp3) is 0.0476. The number of ether oxygens (including phenoxy) is 1. The summed E-state index contributed by atoms with van der Waals surface area (Å²) in [5, 5.41) is 0.731. The molecule has 4 rings (SSSR count). The zero-order chi connectivity index (χ0) is 19.8. The van der Waals surface area contributed by atoms with E-state index in [1.807, 2.05) is 30.3 Å². The molecule has 5 nitrogen and oxygen atoms in total. The Morgan fingerprint density at radius 1 is 1.07 bits per heavy atom. The summed E-state index contributed by atoms with van der Waals surface area (Å²) in [7, 11) is 1.60. The number of nitrogens with two attached hydrogens (primary N) is 2. The van der Waals surface area contributed by atoms with Gasteiger partial charge in [0, 0.05) is 17.2 Å². The van der Waals surface area contributed by atoms with Gasteiger partial charge in [-0.15, -0.1) is 0 Å². The van der Waals surface area contributed by atoms with Crippen LogP contribution < -0.4 is 21.2 Å². The highest BCUT2D eigenvalue weighted by atomic mass is 32.1. The van der Waals surface area contributed by atoms with Gasteiger partial charge in [-0.3, -0.25) is 4.79 Å². The molecule has 0 aliphatic rings. The predicted molar refractivity (Wildman–Crippen MR) is 109 cm³/mol. The quantitative estimate of drug-likeness (QED) is 0.550. The fourth-order valence-corrected chi connectivity index (χ4v) is 4.14. The lowest BCUT2D eigenvalue weighted by Gasteiger charge is -2.06. The van der Waals surface area contributed by atoms with E-state index in [4.69, 9.17) is 16.2 Å². The van der Waals surface area contributed by atoms with Crippen molar-refractivity contribution in [1.82, 2.24) is 0 Å². The Bertz CT molecular complexity index is 1190. The molecule has 0 saturated carbocycles. The van der Waals surface area contributed by atoms with Crippen molar-refractivity contribution in [3.63, 3.8) is 0 Å². The molecule has 0 bridgehead atoms. The number of pyridine rings is 1. The van der Waals surface area contributed by atoms with Gasteiger partial charge in [0.2, 0.25) is 5.69 Å². The number of amides is 1. The number of carbonyl (C=O) groups is 1. The molecule has 0 atom stereocenters. The van der Waals surface area contributed by atoms with Gasteiger partial charge in [-0.1, -0.05) is 23.5 Å². The van der Waals surface area contributed by atoms with Gasteiger partial charge in [-0.2, -0.15) is 4.98 Å². The third-order valence-corrected chi connectivity index (χ3v) is 5.67. The number of H-pyrrole nitrogens is 1. The van der Waals surface area contributed by atoms with Crippen LogP contribution >= 0.6 is 11.3 Å². The SMILES string of the molecule is COc1ccc(-c2cc(-c3ccc(F)cc3)[nH+]c3sc(C(N)=O)c(N)c23)cc1. The second kappa shape index (κ2) is 6.94. The highest BCUT2D eigenvalue weighted by Crippen LogP contribution is 2.39. The predicted octanol–water partition coefficient (Wildman–Crippen LogP) is 3.88. The minimum atomic E-state index is -0.573. The van der Waals surface area contributed by atoms with Gasteiger partial charge >= 0.3 is 0 Å². The number of primary amides is 1. The molecule has 4 aromatic rings. The number of carbonyl (C=O) groups excluding carboxylic acids is 1. The topological polar surface area (TPSA) is 92.5 Å². The lowest BCUT2D eigenvalue weighted by atomic mass is 9.99. The van der Waals surface area contributed by atoms with Crippen LogP contribution in [0.15, 0.2) is 54.6 Å². The summed E-state index contributed by atoms with van der Waals surface area (Å²) in [6.45, 7) is 0. The first kappa shape index (κ1) is 17.9. The maximum Gasteiger partial charge on any atom is 0.271 e. The first-order valence-electron chi connectivity index (χ1n) is 8.46. The van der Waals surface area contributed by atoms with E-state index < -0.39 is 5.91 Å². The zero-order valence-corrected chi connectivity index (χ0v) is 15.8. The number of anilines is 1. The standard InChI is InChI=1S/C21H16FN3O2S/c1-27-14-8-4-11(5-9-14)15-10-16(12-2-6-13(22)7-3-12)25-21-17(15)18(23)19(28-21)20(24)26/h2-10H,23H2,1H3,(H2,24,26)/p+1. The molecule has 1 amide bonds. The summed E-state index contributed by atoms with van der Waals surface area (Å²) in [6, 6.07) is 15.7. The fourth-order valence-electron chi connectivity index (χ4n) is 3.14. The van der Waals surface area contributed by atoms with Gasteiger partial charge in [0.25, 0.3) is 10.7 Å². The van der Waals surface area contributed by atoms with Crippen LogP contribution in [0.2, 0.25) is 0 Å². The normalized spacial score (nSPS) is 10.9. The number of methoxy groups -OCH3 is 1. The van der Waals surface area contributed by atoms with Gasteiger partial charge in [0.05, 0.1) is 18.2 Å². The van der Waals surface area contributed by atoms with E-state index in [2.05, 4.69) is 4.98 Å². The molecule has 5 N–H and O–H groups in total. The van der Waals surface area contributed by atoms with Crippen LogP contribution in [0.5, 0.6) is 5.75 Å². The molecule has 0 radical (unpaired) electrons. The van der Waals surface area contributed by atoms with Crippen LogP contribution in [0.25, 0.3) is 32.6 Å². The molecule has 28 heavy (non-hydrogen) atoms. The second-order valence-electron chi connectivity index (χ2n) is 6.25. The molecular weight excluding hydrogens is 377 g/mol. The van der Waals surface area contributed by atoms with Crippen molar-refractivity contribution >= 4 is 33.1 Å². The maximum absolute atomic E-state index is 13.3. The average molecular weight is 394 g/mol. The number of halogens is 1. The van der Waals surface area contributed by atoms with E-state index in [0.717, 1.165) is 38.4 Å². The van der Waals surface area contributed by atoms with Gasteiger partial charge in [-0.05, 0) is 42.0 Å². The summed E-state index contributed by atoms with van der Waals surface area (Å²) in [5.41, 5.74) is 15.4. The Morgan fingerprint density at radius 2 is 1.71 bits per heavy atom. The van der Waals surface area contributed by atoms with Gasteiger partial charge in [0.15, 0.2) is 0 Å². The number of benzene rings is 2. The van der Waals surface area contributed by atoms with E-state index in [-0.39, 0.29) is 5.82 Å². The molecule has 0 aliphatic carbocycles. The van der Waals surface area contributed by atoms with Crippen LogP contribution in [0, 0.1) is 5.82 Å². The van der Waals surface area contributed by atoms with Crippen molar-refractivity contribution in [2.75, 3.05) is 12.8 Å². The third kappa shape index (κ3) is 3.05. The van der Waals surface area contributed by atoms with E-state index in [0.29, 0.717) is 10.6 Å². The molecule has 0 unspecified atom stereocenters. The van der Waals surface area contributed by atoms with Gasteiger partial charge in [0.1, 0.15) is 16.4 Å². The van der Waals surface area contributed by atoms with Crippen LogP contribution in [0.4, 0.5) is 10.1 Å². The maximum atomic E-state index is 13.3. The first-order chi connectivity index (χ1) is 13.5. The van der Waals surface area contributed by atoms with Gasteiger partial charge < -0.3 is 16.2 Å². The number of hydrogen-bond donors (Lipinski definition) is 2. The number of thiophene rings is 1. The number of rotatable bonds is 4. The number of nitrogen functional groups attached to an aromatic ring is 1. The number of hydrogen-bond acceptors (Lipinski definition) is 4. The summed E-state index contributed by atoms with van der Waals surface area (Å²) >= 11 is 1.21. The molecule has 0 saturated heterocycles. The van der Waals surface area contributed by atoms with Crippen molar-refractivity contribution in [2.45, 2.75) is 0 Å². The van der Waals surface area contributed by atoms with Crippen molar-refractivity contribution in [2.24, 2.45) is 5.73 Å². The number of aromatic nitrogens is 1. The van der Waals surface area contributed by atoms with Crippen LogP contribution in [-0.4, -0.2) is 13.0 Å². The van der Waals surface area contributed by atoms with Crippen LogP contribution in [0.3, 0.4) is 0 Å². The lowest BCUT2D eigenvalue weighted by Crippen LogP contribution is -2.10. The third-order valence-electron chi connectivity index (χ3n) is 4.53. The monoisotopic (exact) mass is 394 g/mol. The molecule has 2 aromatic carbocycles. The van der Waals surface area contributed by atoms with E-state index >= 15 is 0 Å². The van der Waals surface area contributed by atoms with E-state index in [9.17, 15) is 9.18 Å². The van der Waals surface area contributed by atoms with Gasteiger partial charge in [-0.25, -0.2) is 4.39 Å². The summed E-state index contributed by atoms with van der Waals surface area (Å²) < 4.78 is 18.6. The Labute approximate surface area is 164 Å². The van der Waals surface area contributed by atoms with E-state index in [1.54, 1.807) is 19.2 Å². The summed E-state index contributed by atoms with van der Waals surface area (Å²) in [4.78, 5) is 16.1. The molecule has 7 heteroatoms. The number of nitrogens with one attached hydrogen (secondary N) is 1. The van der Waals surface area contributed by atoms with Crippen LogP contribution in [0.1, 0.15) is 9.67 Å². The highest BCUT2D eigenvalue weighted by molar-refractivity contribution is 7.20. The molecule has 2 aromatic heterocycles. The molecule has 0 fully saturated rings. The van der Waals surface area contributed by atoms with Crippen molar-refractivity contribution in [3.05, 3.63) is 65.3 Å². The average Bonchev–Trinajstić information content (AvgIpc) is 3.05. The number of fused-ring (bicyclic) bond motifs is 1. The molecule has 0 spiro atoms. The van der Waals surface area contributed by atoms with Crippen molar-refractivity contribution in [1.29, 1.82) is 0 Å². The second-order valence-corrected chi connectivity index (χ2v) is 7.27. The Hall–Kier alpha value is -3.45. The molecular formula is C21H17FN3O2S+. The number of aromatic amines is 1. The smallest absolute Gasteiger partial charge is 0.271 e. The Balaban J connectivity index is 2.00.